The number of aryl methyl sites for hydroxylation is 1. The zero-order chi connectivity index (χ0) is 19.5. The molecule has 0 unspecified atom stereocenters. The number of thiophene rings is 1. The Kier molecular flexibility index (Phi) is 5.73. The summed E-state index contributed by atoms with van der Waals surface area (Å²) in [5.41, 5.74) is 1.20. The van der Waals surface area contributed by atoms with Crippen molar-refractivity contribution in [1.82, 2.24) is 15.1 Å². The summed E-state index contributed by atoms with van der Waals surface area (Å²) in [5.74, 6) is 1.42. The number of carbonyl (C=O) groups excluding carboxylic acids is 1. The van der Waals surface area contributed by atoms with E-state index in [1.165, 1.54) is 10.4 Å². The highest BCUT2D eigenvalue weighted by atomic mass is 32.1. The minimum Gasteiger partial charge on any atom is -0.497 e. The molecular weight excluding hydrogens is 390 g/mol. The largest absolute Gasteiger partial charge is 0.497 e. The van der Waals surface area contributed by atoms with Gasteiger partial charge in [0.2, 0.25) is 0 Å². The number of rotatable bonds is 5. The van der Waals surface area contributed by atoms with Crippen LogP contribution in [0.25, 0.3) is 0 Å². The molecular formula is C21H23N3O2S2. The average molecular weight is 414 g/mol. The van der Waals surface area contributed by atoms with Crippen LogP contribution >= 0.6 is 22.7 Å². The quantitative estimate of drug-likeness (QED) is 0.617. The van der Waals surface area contributed by atoms with Crippen molar-refractivity contribution in [2.45, 2.75) is 32.1 Å². The minimum absolute atomic E-state index is 0.161. The molecule has 1 aromatic carbocycles. The van der Waals surface area contributed by atoms with Crippen molar-refractivity contribution in [2.75, 3.05) is 20.2 Å². The van der Waals surface area contributed by atoms with Gasteiger partial charge >= 0.3 is 0 Å². The normalized spacial score (nSPS) is 15.0. The molecule has 0 radical (unpaired) electrons. The number of aromatic nitrogens is 2. The van der Waals surface area contributed by atoms with Crippen LogP contribution in [0.3, 0.4) is 0 Å². The Balaban J connectivity index is 1.34. The molecule has 0 saturated carbocycles. The van der Waals surface area contributed by atoms with Gasteiger partial charge in [-0.1, -0.05) is 12.1 Å². The van der Waals surface area contributed by atoms with Crippen molar-refractivity contribution in [3.63, 3.8) is 0 Å². The first-order valence-electron chi connectivity index (χ1n) is 9.43. The minimum atomic E-state index is 0.161. The van der Waals surface area contributed by atoms with Gasteiger partial charge in [-0.3, -0.25) is 4.79 Å². The van der Waals surface area contributed by atoms with Crippen molar-refractivity contribution in [1.29, 1.82) is 0 Å². The van der Waals surface area contributed by atoms with Gasteiger partial charge < -0.3 is 9.64 Å². The van der Waals surface area contributed by atoms with Crippen LogP contribution in [0.4, 0.5) is 0 Å². The van der Waals surface area contributed by atoms with E-state index in [1.54, 1.807) is 29.8 Å². The van der Waals surface area contributed by atoms with Crippen molar-refractivity contribution in [2.24, 2.45) is 0 Å². The Bertz CT molecular complexity index is 941. The van der Waals surface area contributed by atoms with E-state index in [4.69, 9.17) is 4.74 Å². The second-order valence-corrected chi connectivity index (χ2v) is 9.42. The van der Waals surface area contributed by atoms with Crippen LogP contribution in [0.2, 0.25) is 0 Å². The summed E-state index contributed by atoms with van der Waals surface area (Å²) in [7, 11) is 1.67. The molecule has 4 rings (SSSR count). The molecule has 0 N–H and O–H groups in total. The number of likely N-dealkylation sites (tertiary alicyclic amines) is 1. The van der Waals surface area contributed by atoms with E-state index in [1.807, 2.05) is 36.1 Å². The van der Waals surface area contributed by atoms with Crippen LogP contribution in [0.1, 0.15) is 48.9 Å². The van der Waals surface area contributed by atoms with Gasteiger partial charge in [0.25, 0.3) is 5.91 Å². The molecule has 0 atom stereocenters. The van der Waals surface area contributed by atoms with Crippen LogP contribution < -0.4 is 4.74 Å². The van der Waals surface area contributed by atoms with E-state index in [0.717, 1.165) is 53.0 Å². The molecule has 1 aliphatic rings. The zero-order valence-corrected chi connectivity index (χ0v) is 17.7. The van der Waals surface area contributed by atoms with Crippen LogP contribution in [0.15, 0.2) is 36.4 Å². The number of benzene rings is 1. The number of nitrogens with zero attached hydrogens (tertiary/aromatic N) is 3. The third-order valence-corrected chi connectivity index (χ3v) is 7.15. The van der Waals surface area contributed by atoms with Gasteiger partial charge in [0.05, 0.1) is 12.0 Å². The number of amides is 1. The predicted octanol–water partition coefficient (Wildman–Crippen LogP) is 4.53. The van der Waals surface area contributed by atoms with Gasteiger partial charge in [-0.2, -0.15) is 0 Å². The molecule has 1 saturated heterocycles. The number of piperidine rings is 1. The van der Waals surface area contributed by atoms with Crippen LogP contribution in [-0.2, 0) is 6.42 Å². The number of hydrogen-bond acceptors (Lipinski definition) is 6. The van der Waals surface area contributed by atoms with Crippen LogP contribution in [0.5, 0.6) is 5.75 Å². The molecule has 5 nitrogen and oxygen atoms in total. The second-order valence-electron chi connectivity index (χ2n) is 7.04. The third-order valence-electron chi connectivity index (χ3n) is 5.08. The highest BCUT2D eigenvalue weighted by molar-refractivity contribution is 7.14. The SMILES string of the molecule is COc1ccc(Cc2nnc(C3CCN(C(=O)c4ccc(C)s4)CC3)s2)cc1. The maximum Gasteiger partial charge on any atom is 0.263 e. The summed E-state index contributed by atoms with van der Waals surface area (Å²) in [6, 6.07) is 12.0. The topological polar surface area (TPSA) is 55.3 Å². The van der Waals surface area contributed by atoms with E-state index in [-0.39, 0.29) is 5.91 Å². The van der Waals surface area contributed by atoms with E-state index >= 15 is 0 Å². The summed E-state index contributed by atoms with van der Waals surface area (Å²) in [6.45, 7) is 3.61. The zero-order valence-electron chi connectivity index (χ0n) is 16.1. The van der Waals surface area contributed by atoms with E-state index < -0.39 is 0 Å². The molecule has 1 fully saturated rings. The van der Waals surface area contributed by atoms with Gasteiger partial charge in [-0.15, -0.1) is 32.9 Å². The summed E-state index contributed by atoms with van der Waals surface area (Å²) < 4.78 is 5.20. The Hall–Kier alpha value is -2.25. The molecule has 1 amide bonds. The first kappa shape index (κ1) is 19.1. The molecule has 0 aliphatic carbocycles. The highest BCUT2D eigenvalue weighted by Gasteiger charge is 2.27. The van der Waals surface area contributed by atoms with Crippen LogP contribution in [0, 0.1) is 6.92 Å². The Labute approximate surface area is 173 Å². The fourth-order valence-corrected chi connectivity index (χ4v) is 5.34. The molecule has 1 aliphatic heterocycles. The fraction of sp³-hybridized carbons (Fsp3) is 0.381. The monoisotopic (exact) mass is 413 g/mol. The third kappa shape index (κ3) is 4.25. The maximum atomic E-state index is 12.6. The van der Waals surface area contributed by atoms with Crippen molar-refractivity contribution in [3.8, 4) is 5.75 Å². The van der Waals surface area contributed by atoms with Crippen molar-refractivity contribution in [3.05, 3.63) is 61.7 Å². The van der Waals surface area contributed by atoms with E-state index in [0.29, 0.717) is 5.92 Å². The number of ether oxygens (including phenoxy) is 1. The Morgan fingerprint density at radius 2 is 1.86 bits per heavy atom. The Morgan fingerprint density at radius 1 is 1.11 bits per heavy atom. The van der Waals surface area contributed by atoms with Gasteiger partial charge in [0.1, 0.15) is 15.8 Å². The van der Waals surface area contributed by atoms with Crippen LogP contribution in [-0.4, -0.2) is 41.2 Å². The van der Waals surface area contributed by atoms with Crippen molar-refractivity contribution >= 4 is 28.6 Å². The Morgan fingerprint density at radius 3 is 2.50 bits per heavy atom. The summed E-state index contributed by atoms with van der Waals surface area (Å²) in [5, 5.41) is 11.0. The van der Waals surface area contributed by atoms with E-state index in [2.05, 4.69) is 22.3 Å². The van der Waals surface area contributed by atoms with E-state index in [9.17, 15) is 4.79 Å². The van der Waals surface area contributed by atoms with Gasteiger partial charge in [0.15, 0.2) is 0 Å². The molecule has 2 aromatic heterocycles. The molecule has 0 bridgehead atoms. The number of carbonyl (C=O) groups is 1. The van der Waals surface area contributed by atoms with Gasteiger partial charge in [-0.25, -0.2) is 0 Å². The molecule has 0 spiro atoms. The van der Waals surface area contributed by atoms with Gasteiger partial charge in [0, 0.05) is 30.3 Å². The second kappa shape index (κ2) is 8.41. The molecule has 3 aromatic rings. The highest BCUT2D eigenvalue weighted by Crippen LogP contribution is 2.32. The predicted molar refractivity (Wildman–Crippen MR) is 113 cm³/mol. The lowest BCUT2D eigenvalue weighted by molar-refractivity contribution is 0.0717. The maximum absolute atomic E-state index is 12.6. The summed E-state index contributed by atoms with van der Waals surface area (Å²) >= 11 is 3.27. The number of hydrogen-bond donors (Lipinski definition) is 0. The van der Waals surface area contributed by atoms with Crippen molar-refractivity contribution < 1.29 is 9.53 Å². The first-order chi connectivity index (χ1) is 13.6. The molecule has 3 heterocycles. The molecule has 146 valence electrons. The lowest BCUT2D eigenvalue weighted by Crippen LogP contribution is -2.37. The average Bonchev–Trinajstić information content (AvgIpc) is 3.37. The summed E-state index contributed by atoms with van der Waals surface area (Å²) in [6.07, 6.45) is 2.69. The lowest BCUT2D eigenvalue weighted by Gasteiger charge is -2.30. The fourth-order valence-electron chi connectivity index (χ4n) is 3.46. The molecule has 28 heavy (non-hydrogen) atoms. The standard InChI is InChI=1S/C21H23N3O2S2/c1-14-3-8-18(27-14)21(25)24-11-9-16(10-12-24)20-23-22-19(28-20)13-15-4-6-17(26-2)7-5-15/h3-8,16H,9-13H2,1-2H3. The summed E-state index contributed by atoms with van der Waals surface area (Å²) in [4.78, 5) is 16.6. The first-order valence-corrected chi connectivity index (χ1v) is 11.1. The number of methoxy groups -OCH3 is 1. The van der Waals surface area contributed by atoms with Gasteiger partial charge in [-0.05, 0) is 49.6 Å². The lowest BCUT2D eigenvalue weighted by atomic mass is 9.97. The molecule has 7 heteroatoms. The smallest absolute Gasteiger partial charge is 0.263 e.